The number of hydrogen-bond donors (Lipinski definition) is 2. The van der Waals surface area contributed by atoms with E-state index >= 15 is 0 Å². The molecule has 0 bridgehead atoms. The molecule has 0 unspecified atom stereocenters. The summed E-state index contributed by atoms with van der Waals surface area (Å²) in [6, 6.07) is 5.66. The summed E-state index contributed by atoms with van der Waals surface area (Å²) in [5.74, 6) is 0.227. The average molecular weight is 276 g/mol. The zero-order valence-electron chi connectivity index (χ0n) is 11.2. The third-order valence-corrected chi connectivity index (χ3v) is 3.73. The van der Waals surface area contributed by atoms with Gasteiger partial charge in [-0.05, 0) is 38.5 Å². The Labute approximate surface area is 116 Å². The van der Waals surface area contributed by atoms with Crippen molar-refractivity contribution in [3.63, 3.8) is 0 Å². The van der Waals surface area contributed by atoms with Gasteiger partial charge in [-0.1, -0.05) is 6.92 Å². The van der Waals surface area contributed by atoms with E-state index in [0.717, 1.165) is 17.8 Å². The number of carbonyl (C=O) groups is 1. The third-order valence-electron chi connectivity index (χ3n) is 2.50. The summed E-state index contributed by atoms with van der Waals surface area (Å²) in [5.41, 5.74) is 7.05. The van der Waals surface area contributed by atoms with E-state index in [1.807, 2.05) is 32.0 Å². The van der Waals surface area contributed by atoms with Gasteiger partial charge in [-0.25, -0.2) is 9.97 Å². The molecule has 6 heteroatoms. The summed E-state index contributed by atoms with van der Waals surface area (Å²) in [5, 5.41) is 0. The smallest absolute Gasteiger partial charge is 0.266 e. The van der Waals surface area contributed by atoms with E-state index in [2.05, 4.69) is 27.7 Å². The molecule has 0 spiro atoms. The second-order valence-electron chi connectivity index (χ2n) is 4.17. The normalized spacial score (nSPS) is 10.3. The van der Waals surface area contributed by atoms with Gasteiger partial charge < -0.3 is 0 Å². The van der Waals surface area contributed by atoms with Gasteiger partial charge in [0.2, 0.25) is 5.95 Å². The Morgan fingerprint density at radius 2 is 1.95 bits per heavy atom. The lowest BCUT2D eigenvalue weighted by molar-refractivity contribution is 0.0966. The Balaban J connectivity index is 2.00. The van der Waals surface area contributed by atoms with Crippen LogP contribution in [0.4, 0.5) is 5.95 Å². The molecule has 0 fully saturated rings. The number of amides is 1. The van der Waals surface area contributed by atoms with Gasteiger partial charge in [0.15, 0.2) is 0 Å². The minimum atomic E-state index is -0.174. The number of carbonyl (C=O) groups excluding carboxylic acids is 1. The van der Waals surface area contributed by atoms with Crippen molar-refractivity contribution in [1.82, 2.24) is 15.4 Å². The Morgan fingerprint density at radius 3 is 2.53 bits per heavy atom. The molecule has 0 saturated heterocycles. The highest BCUT2D eigenvalue weighted by Crippen LogP contribution is 2.16. The lowest BCUT2D eigenvalue weighted by Crippen LogP contribution is -2.29. The summed E-state index contributed by atoms with van der Waals surface area (Å²) in [4.78, 5) is 22.1. The molecule has 2 rings (SSSR count). The number of hydrogen-bond acceptors (Lipinski definition) is 5. The van der Waals surface area contributed by atoms with Crippen LogP contribution in [0.5, 0.6) is 0 Å². The van der Waals surface area contributed by atoms with Gasteiger partial charge in [0.05, 0.1) is 4.88 Å². The van der Waals surface area contributed by atoms with Crippen molar-refractivity contribution in [2.75, 3.05) is 5.43 Å². The molecule has 0 atom stereocenters. The molecule has 100 valence electrons. The molecule has 2 heterocycles. The van der Waals surface area contributed by atoms with Crippen LogP contribution in [0.3, 0.4) is 0 Å². The van der Waals surface area contributed by atoms with Crippen molar-refractivity contribution < 1.29 is 4.79 Å². The molecule has 0 radical (unpaired) electrons. The van der Waals surface area contributed by atoms with Crippen LogP contribution < -0.4 is 10.9 Å². The van der Waals surface area contributed by atoms with E-state index in [9.17, 15) is 4.79 Å². The van der Waals surface area contributed by atoms with Crippen molar-refractivity contribution in [1.29, 1.82) is 0 Å². The number of aromatic nitrogens is 2. The summed E-state index contributed by atoms with van der Waals surface area (Å²) >= 11 is 1.49. The molecular formula is C13H16N4OS. The van der Waals surface area contributed by atoms with Crippen LogP contribution in [0.2, 0.25) is 0 Å². The Morgan fingerprint density at radius 1 is 1.26 bits per heavy atom. The molecule has 2 N–H and O–H groups in total. The summed E-state index contributed by atoms with van der Waals surface area (Å²) in [6.45, 7) is 5.83. The molecule has 2 aromatic rings. The number of nitrogens with zero attached hydrogens (tertiary/aromatic N) is 2. The molecule has 1 amide bonds. The van der Waals surface area contributed by atoms with Crippen molar-refractivity contribution in [3.05, 3.63) is 39.3 Å². The van der Waals surface area contributed by atoms with Crippen molar-refractivity contribution in [3.8, 4) is 0 Å². The largest absolute Gasteiger partial charge is 0.279 e. The number of thiophene rings is 1. The molecule has 0 aliphatic rings. The third kappa shape index (κ3) is 3.51. The number of hydrazine groups is 1. The summed E-state index contributed by atoms with van der Waals surface area (Å²) < 4.78 is 0. The van der Waals surface area contributed by atoms with Gasteiger partial charge in [-0.2, -0.15) is 0 Å². The minimum absolute atomic E-state index is 0.174. The van der Waals surface area contributed by atoms with Crippen molar-refractivity contribution in [2.24, 2.45) is 0 Å². The molecular weight excluding hydrogens is 260 g/mol. The Kier molecular flexibility index (Phi) is 4.11. The van der Waals surface area contributed by atoms with Crippen LogP contribution in [0.15, 0.2) is 18.2 Å². The van der Waals surface area contributed by atoms with E-state index < -0.39 is 0 Å². The van der Waals surface area contributed by atoms with E-state index in [4.69, 9.17) is 0 Å². The van der Waals surface area contributed by atoms with Crippen LogP contribution in [0.1, 0.15) is 32.9 Å². The maximum absolute atomic E-state index is 11.9. The monoisotopic (exact) mass is 276 g/mol. The van der Waals surface area contributed by atoms with Gasteiger partial charge >= 0.3 is 0 Å². The van der Waals surface area contributed by atoms with Crippen LogP contribution >= 0.6 is 11.3 Å². The van der Waals surface area contributed by atoms with Gasteiger partial charge in [0.1, 0.15) is 0 Å². The fraction of sp³-hybridized carbons (Fsp3) is 0.308. The molecule has 0 aliphatic heterocycles. The first-order valence-electron chi connectivity index (χ1n) is 6.06. The lowest BCUT2D eigenvalue weighted by atomic mass is 10.3. The second-order valence-corrected chi connectivity index (χ2v) is 5.34. The second kappa shape index (κ2) is 5.79. The molecule has 5 nitrogen and oxygen atoms in total. The lowest BCUT2D eigenvalue weighted by Gasteiger charge is -2.07. The predicted molar refractivity (Wildman–Crippen MR) is 76.3 cm³/mol. The molecule has 2 aromatic heterocycles. The SMILES string of the molecule is CCc1ccc(C(=O)NNc2nc(C)cc(C)n2)s1. The number of rotatable bonds is 4. The predicted octanol–water partition coefficient (Wildman–Crippen LogP) is 2.47. The van der Waals surface area contributed by atoms with Gasteiger partial charge in [0, 0.05) is 16.3 Å². The highest BCUT2D eigenvalue weighted by Gasteiger charge is 2.08. The first-order chi connectivity index (χ1) is 9.08. The van der Waals surface area contributed by atoms with Crippen molar-refractivity contribution in [2.45, 2.75) is 27.2 Å². The number of anilines is 1. The fourth-order valence-corrected chi connectivity index (χ4v) is 2.49. The molecule has 19 heavy (non-hydrogen) atoms. The first kappa shape index (κ1) is 13.5. The quantitative estimate of drug-likeness (QED) is 0.842. The number of nitrogens with one attached hydrogen (secondary N) is 2. The van der Waals surface area contributed by atoms with Gasteiger partial charge in [0.25, 0.3) is 5.91 Å². The van der Waals surface area contributed by atoms with E-state index in [1.54, 1.807) is 0 Å². The highest BCUT2D eigenvalue weighted by atomic mass is 32.1. The summed E-state index contributed by atoms with van der Waals surface area (Å²) in [6.07, 6.45) is 0.936. The molecule has 0 saturated carbocycles. The average Bonchev–Trinajstić information content (AvgIpc) is 2.83. The Hall–Kier alpha value is -1.95. The van der Waals surface area contributed by atoms with E-state index in [0.29, 0.717) is 10.8 Å². The van der Waals surface area contributed by atoms with Crippen LogP contribution in [0.25, 0.3) is 0 Å². The topological polar surface area (TPSA) is 66.9 Å². The van der Waals surface area contributed by atoms with Crippen LogP contribution in [-0.4, -0.2) is 15.9 Å². The maximum Gasteiger partial charge on any atom is 0.279 e. The zero-order chi connectivity index (χ0) is 13.8. The van der Waals surface area contributed by atoms with Gasteiger partial charge in [-0.3, -0.25) is 15.6 Å². The zero-order valence-corrected chi connectivity index (χ0v) is 12.0. The van der Waals surface area contributed by atoms with E-state index in [-0.39, 0.29) is 5.91 Å². The Bertz CT molecular complexity index is 574. The van der Waals surface area contributed by atoms with Crippen LogP contribution in [-0.2, 0) is 6.42 Å². The van der Waals surface area contributed by atoms with Crippen LogP contribution in [0, 0.1) is 13.8 Å². The van der Waals surface area contributed by atoms with E-state index in [1.165, 1.54) is 16.2 Å². The molecule has 0 aliphatic carbocycles. The maximum atomic E-state index is 11.9. The highest BCUT2D eigenvalue weighted by molar-refractivity contribution is 7.14. The number of aryl methyl sites for hydroxylation is 3. The molecule has 0 aromatic carbocycles. The first-order valence-corrected chi connectivity index (χ1v) is 6.87. The minimum Gasteiger partial charge on any atom is -0.266 e. The van der Waals surface area contributed by atoms with Crippen molar-refractivity contribution >= 4 is 23.2 Å². The standard InChI is InChI=1S/C13H16N4OS/c1-4-10-5-6-11(19-10)12(18)16-17-13-14-8(2)7-9(3)15-13/h5-7H,4H2,1-3H3,(H,16,18)(H,14,15,17). The van der Waals surface area contributed by atoms with Gasteiger partial charge in [-0.15, -0.1) is 11.3 Å². The summed E-state index contributed by atoms with van der Waals surface area (Å²) in [7, 11) is 0. The fourth-order valence-electron chi connectivity index (χ4n) is 1.65.